The maximum absolute atomic E-state index is 12.1. The van der Waals surface area contributed by atoms with Crippen molar-refractivity contribution in [1.29, 1.82) is 0 Å². The van der Waals surface area contributed by atoms with Gasteiger partial charge in [-0.3, -0.25) is 0 Å². The molecule has 98 valence electrons. The summed E-state index contributed by atoms with van der Waals surface area (Å²) in [6.07, 6.45) is 0. The molecule has 0 saturated heterocycles. The summed E-state index contributed by atoms with van der Waals surface area (Å²) in [6, 6.07) is 18.4. The first-order chi connectivity index (χ1) is 8.16. The standard InChI is InChI=1S/C12H11O2PS2.Ni/c13-15(16,14-11-7-3-1-4-8-11)17-12-9-5-2-6-10-12;/h1-10H,(H,13,16);/p-1. The van der Waals surface area contributed by atoms with Crippen LogP contribution in [0.5, 0.6) is 5.75 Å². The Labute approximate surface area is 126 Å². The molecule has 0 aliphatic heterocycles. The van der Waals surface area contributed by atoms with Crippen LogP contribution < -0.4 is 9.42 Å². The minimum atomic E-state index is -3.14. The van der Waals surface area contributed by atoms with E-state index in [1.807, 2.05) is 48.5 Å². The summed E-state index contributed by atoms with van der Waals surface area (Å²) >= 11 is 6.09. The van der Waals surface area contributed by atoms with Crippen molar-refractivity contribution < 1.29 is 25.9 Å². The van der Waals surface area contributed by atoms with Crippen LogP contribution in [0.2, 0.25) is 0 Å². The van der Waals surface area contributed by atoms with Crippen LogP contribution >= 0.6 is 17.1 Å². The molecule has 2 nitrogen and oxygen atoms in total. The van der Waals surface area contributed by atoms with Crippen LogP contribution in [0.15, 0.2) is 65.6 Å². The fourth-order valence-corrected chi connectivity index (χ4v) is 4.74. The maximum atomic E-state index is 12.1. The molecule has 0 aromatic heterocycles. The second kappa shape index (κ2) is 7.32. The summed E-state index contributed by atoms with van der Waals surface area (Å²) in [4.78, 5) is 13.0. The molecule has 1 atom stereocenters. The molecule has 0 saturated carbocycles. The largest absolute Gasteiger partial charge is 0.783 e. The topological polar surface area (TPSA) is 32.3 Å². The van der Waals surface area contributed by atoms with Crippen LogP contribution in [0.3, 0.4) is 0 Å². The first-order valence-electron chi connectivity index (χ1n) is 4.96. The number of para-hydroxylation sites is 1. The minimum Gasteiger partial charge on any atom is -0.783 e. The van der Waals surface area contributed by atoms with Crippen molar-refractivity contribution in [2.75, 3.05) is 0 Å². The van der Waals surface area contributed by atoms with E-state index in [1.165, 1.54) is 0 Å². The fraction of sp³-hybridized carbons (Fsp3) is 0. The van der Waals surface area contributed by atoms with Crippen LogP contribution in [-0.2, 0) is 28.3 Å². The summed E-state index contributed by atoms with van der Waals surface area (Å²) in [7, 11) is 0. The second-order valence-corrected chi connectivity index (χ2v) is 9.11. The van der Waals surface area contributed by atoms with Crippen LogP contribution in [0, 0.1) is 0 Å². The van der Waals surface area contributed by atoms with Crippen molar-refractivity contribution >= 4 is 28.9 Å². The molecule has 18 heavy (non-hydrogen) atoms. The van der Waals surface area contributed by atoms with Crippen molar-refractivity contribution in [2.45, 2.75) is 4.90 Å². The van der Waals surface area contributed by atoms with Crippen LogP contribution in [0.4, 0.5) is 0 Å². The van der Waals surface area contributed by atoms with Crippen molar-refractivity contribution in [3.63, 3.8) is 0 Å². The van der Waals surface area contributed by atoms with E-state index in [1.54, 1.807) is 12.1 Å². The Morgan fingerprint density at radius 1 is 0.944 bits per heavy atom. The normalized spacial score (nSPS) is 13.2. The van der Waals surface area contributed by atoms with Gasteiger partial charge in [-0.1, -0.05) is 59.6 Å². The van der Waals surface area contributed by atoms with Gasteiger partial charge in [0, 0.05) is 21.4 Å². The Morgan fingerprint density at radius 3 is 2.00 bits per heavy atom. The fourth-order valence-electron chi connectivity index (χ4n) is 1.24. The first-order valence-corrected chi connectivity index (χ1v) is 9.02. The third-order valence-corrected chi connectivity index (χ3v) is 5.48. The Kier molecular flexibility index (Phi) is 6.41. The molecule has 0 N–H and O–H groups in total. The first kappa shape index (κ1) is 15.8. The third-order valence-electron chi connectivity index (χ3n) is 1.92. The monoisotopic (exact) mass is 339 g/mol. The van der Waals surface area contributed by atoms with Gasteiger partial charge in [-0.25, -0.2) is 0 Å². The van der Waals surface area contributed by atoms with Gasteiger partial charge in [-0.15, -0.1) is 0 Å². The van der Waals surface area contributed by atoms with E-state index in [4.69, 9.17) is 16.3 Å². The molecule has 0 amide bonds. The zero-order valence-electron chi connectivity index (χ0n) is 9.17. The number of hydrogen-bond donors (Lipinski definition) is 0. The molecule has 0 aliphatic rings. The molecule has 0 heterocycles. The predicted molar refractivity (Wildman–Crippen MR) is 73.7 cm³/mol. The Bertz CT molecular complexity index is 477. The predicted octanol–water partition coefficient (Wildman–Crippen LogP) is 3.44. The molecule has 2 aromatic rings. The molecule has 0 aliphatic carbocycles. The summed E-state index contributed by atoms with van der Waals surface area (Å²) < 4.78 is 5.34. The number of hydrogen-bond acceptors (Lipinski definition) is 4. The zero-order chi connectivity index (χ0) is 12.1. The molecule has 1 unspecified atom stereocenters. The summed E-state index contributed by atoms with van der Waals surface area (Å²) in [5.41, 5.74) is -3.14. The van der Waals surface area contributed by atoms with Gasteiger partial charge in [-0.05, 0) is 24.3 Å². The van der Waals surface area contributed by atoms with Crippen molar-refractivity contribution in [1.82, 2.24) is 0 Å². The van der Waals surface area contributed by atoms with Crippen LogP contribution in [0.25, 0.3) is 0 Å². The SMILES string of the molecule is [Ni].[O-]P(=S)(Oc1ccccc1)Sc1ccccc1. The van der Waals surface area contributed by atoms with Crippen molar-refractivity contribution in [3.05, 3.63) is 60.7 Å². The molecule has 2 aromatic carbocycles. The van der Waals surface area contributed by atoms with Gasteiger partial charge in [0.2, 0.25) is 0 Å². The van der Waals surface area contributed by atoms with Gasteiger partial charge in [-0.2, -0.15) is 0 Å². The summed E-state index contributed by atoms with van der Waals surface area (Å²) in [5, 5.41) is 0. The van der Waals surface area contributed by atoms with E-state index in [2.05, 4.69) is 0 Å². The van der Waals surface area contributed by atoms with E-state index >= 15 is 0 Å². The molecule has 0 radical (unpaired) electrons. The van der Waals surface area contributed by atoms with E-state index in [0.29, 0.717) is 5.75 Å². The summed E-state index contributed by atoms with van der Waals surface area (Å²) in [5.74, 6) is 0.536. The van der Waals surface area contributed by atoms with E-state index in [9.17, 15) is 4.89 Å². The van der Waals surface area contributed by atoms with Crippen molar-refractivity contribution in [3.8, 4) is 5.75 Å². The molecule has 2 rings (SSSR count). The Balaban J connectivity index is 0.00000162. The van der Waals surface area contributed by atoms with Gasteiger partial charge >= 0.3 is 0 Å². The maximum Gasteiger partial charge on any atom is 0.123 e. The van der Waals surface area contributed by atoms with E-state index in [0.717, 1.165) is 16.3 Å². The summed E-state index contributed by atoms with van der Waals surface area (Å²) in [6.45, 7) is 0. The average Bonchev–Trinajstić information content (AvgIpc) is 2.30. The Morgan fingerprint density at radius 2 is 1.44 bits per heavy atom. The van der Waals surface area contributed by atoms with Gasteiger partial charge < -0.3 is 9.42 Å². The smallest absolute Gasteiger partial charge is 0.123 e. The third kappa shape index (κ3) is 5.13. The van der Waals surface area contributed by atoms with E-state index < -0.39 is 5.69 Å². The zero-order valence-corrected chi connectivity index (χ0v) is 12.7. The molecular formula is C12H10NiO2PS2-. The number of rotatable bonds is 4. The molecule has 0 fully saturated rings. The molecule has 6 heteroatoms. The molecule has 0 spiro atoms. The second-order valence-electron chi connectivity index (χ2n) is 3.26. The number of benzene rings is 2. The Hall–Kier alpha value is -0.306. The van der Waals surface area contributed by atoms with Crippen LogP contribution in [-0.4, -0.2) is 0 Å². The van der Waals surface area contributed by atoms with Crippen molar-refractivity contribution in [2.24, 2.45) is 0 Å². The van der Waals surface area contributed by atoms with Crippen LogP contribution in [0.1, 0.15) is 0 Å². The minimum absolute atomic E-state index is 0. The molecule has 0 bridgehead atoms. The van der Waals surface area contributed by atoms with E-state index in [-0.39, 0.29) is 16.5 Å². The van der Waals surface area contributed by atoms with Gasteiger partial charge in [0.1, 0.15) is 11.4 Å². The van der Waals surface area contributed by atoms with Gasteiger partial charge in [0.05, 0.1) is 0 Å². The average molecular weight is 340 g/mol. The van der Waals surface area contributed by atoms with Gasteiger partial charge in [0.15, 0.2) is 0 Å². The van der Waals surface area contributed by atoms with Gasteiger partial charge in [0.25, 0.3) is 0 Å². The molecular weight excluding hydrogens is 330 g/mol. The quantitative estimate of drug-likeness (QED) is 0.631.